The van der Waals surface area contributed by atoms with Gasteiger partial charge < -0.3 is 13.9 Å². The molecule has 1 aliphatic carbocycles. The quantitative estimate of drug-likeness (QED) is 0.263. The highest BCUT2D eigenvalue weighted by Crippen LogP contribution is 2.35. The number of hydrogen-bond acceptors (Lipinski definition) is 9. The van der Waals surface area contributed by atoms with Crippen molar-refractivity contribution in [3.05, 3.63) is 29.0 Å². The summed E-state index contributed by atoms with van der Waals surface area (Å²) >= 11 is 0. The van der Waals surface area contributed by atoms with E-state index in [2.05, 4.69) is 5.32 Å². The molecule has 1 aromatic rings. The van der Waals surface area contributed by atoms with Crippen molar-refractivity contribution < 1.29 is 42.7 Å². The number of nitrogens with one attached hydrogen (secondary N) is 1. The second-order valence-electron chi connectivity index (χ2n) is 7.64. The summed E-state index contributed by atoms with van der Waals surface area (Å²) in [7, 11) is 0. The summed E-state index contributed by atoms with van der Waals surface area (Å²) in [6.07, 6.45) is 4.54. The van der Waals surface area contributed by atoms with E-state index in [0.717, 1.165) is 4.90 Å². The lowest BCUT2D eigenvalue weighted by molar-refractivity contribution is -0.154. The van der Waals surface area contributed by atoms with Gasteiger partial charge in [0.25, 0.3) is 5.91 Å². The average molecular weight is 460 g/mol. The largest absolute Gasteiger partial charge is 0.462 e. The van der Waals surface area contributed by atoms with E-state index < -0.39 is 60.4 Å². The Morgan fingerprint density at radius 1 is 1.06 bits per heavy atom. The number of allylic oxidation sites excluding steroid dienone is 2. The molecule has 1 aliphatic heterocycles. The molecule has 2 unspecified atom stereocenters. The van der Waals surface area contributed by atoms with E-state index >= 15 is 0 Å². The SMILES string of the molecule is CCOC(=O)c1c(NC(=O)COC(=O)CN2C(=O)C3CC=CCC3C2=O)oc(C)c1C(C)=O. The van der Waals surface area contributed by atoms with E-state index in [-0.39, 0.29) is 29.4 Å². The number of ether oxygens (including phenoxy) is 2. The lowest BCUT2D eigenvalue weighted by Crippen LogP contribution is -2.37. The molecule has 0 spiro atoms. The van der Waals surface area contributed by atoms with Gasteiger partial charge >= 0.3 is 11.9 Å². The minimum atomic E-state index is -0.941. The van der Waals surface area contributed by atoms with E-state index in [9.17, 15) is 28.8 Å². The van der Waals surface area contributed by atoms with Gasteiger partial charge in [-0.2, -0.15) is 0 Å². The number of fused-ring (bicyclic) bond motifs is 1. The molecular formula is C22H24N2O9. The maximum atomic E-state index is 12.4. The van der Waals surface area contributed by atoms with Crippen molar-refractivity contribution in [3.8, 4) is 0 Å². The van der Waals surface area contributed by atoms with Crippen LogP contribution in [0.1, 0.15) is 53.2 Å². The van der Waals surface area contributed by atoms with Gasteiger partial charge in [-0.15, -0.1) is 0 Å². The van der Waals surface area contributed by atoms with E-state index in [4.69, 9.17) is 13.9 Å². The van der Waals surface area contributed by atoms with Crippen LogP contribution in [0.15, 0.2) is 16.6 Å². The minimum absolute atomic E-state index is 0.0252. The molecule has 2 aliphatic rings. The van der Waals surface area contributed by atoms with E-state index in [1.807, 2.05) is 12.2 Å². The molecular weight excluding hydrogens is 436 g/mol. The van der Waals surface area contributed by atoms with Crippen LogP contribution in [0.25, 0.3) is 0 Å². The van der Waals surface area contributed by atoms with E-state index in [1.165, 1.54) is 13.8 Å². The van der Waals surface area contributed by atoms with Gasteiger partial charge in [0.15, 0.2) is 12.4 Å². The molecule has 11 heteroatoms. The van der Waals surface area contributed by atoms with Crippen LogP contribution < -0.4 is 5.32 Å². The second kappa shape index (κ2) is 9.80. The summed E-state index contributed by atoms with van der Waals surface area (Å²) in [4.78, 5) is 74.3. The number of furan rings is 1. The van der Waals surface area contributed by atoms with Crippen molar-refractivity contribution in [3.63, 3.8) is 0 Å². The highest BCUT2D eigenvalue weighted by atomic mass is 16.5. The Bertz CT molecular complexity index is 1030. The first-order valence-electron chi connectivity index (χ1n) is 10.4. The number of Topliss-reactive ketones (excluding diaryl/α,β-unsaturated/α-hetero) is 1. The number of amides is 3. The Morgan fingerprint density at radius 2 is 1.67 bits per heavy atom. The van der Waals surface area contributed by atoms with Crippen LogP contribution in [0.2, 0.25) is 0 Å². The summed E-state index contributed by atoms with van der Waals surface area (Å²) in [5.74, 6) is -5.11. The fourth-order valence-electron chi connectivity index (χ4n) is 3.96. The van der Waals surface area contributed by atoms with Crippen molar-refractivity contribution in [2.45, 2.75) is 33.6 Å². The molecule has 1 saturated heterocycles. The van der Waals surface area contributed by atoms with Crippen LogP contribution in [0.3, 0.4) is 0 Å². The summed E-state index contributed by atoms with van der Waals surface area (Å²) in [5.41, 5.74) is -0.256. The number of anilines is 1. The van der Waals surface area contributed by atoms with Gasteiger partial charge in [0.2, 0.25) is 17.7 Å². The summed E-state index contributed by atoms with van der Waals surface area (Å²) in [6, 6.07) is 0. The summed E-state index contributed by atoms with van der Waals surface area (Å²) in [6.45, 7) is 2.95. The molecule has 0 aromatic carbocycles. The van der Waals surface area contributed by atoms with Crippen molar-refractivity contribution in [2.24, 2.45) is 11.8 Å². The number of aryl methyl sites for hydroxylation is 1. The smallest absolute Gasteiger partial charge is 0.344 e. The first-order chi connectivity index (χ1) is 15.6. The Labute approximate surface area is 189 Å². The number of esters is 2. The zero-order chi connectivity index (χ0) is 24.3. The van der Waals surface area contributed by atoms with Crippen molar-refractivity contribution in [1.29, 1.82) is 0 Å². The Hall–Kier alpha value is -3.76. The highest BCUT2D eigenvalue weighted by Gasteiger charge is 2.47. The lowest BCUT2D eigenvalue weighted by atomic mass is 9.85. The Kier molecular flexibility index (Phi) is 7.10. The lowest BCUT2D eigenvalue weighted by Gasteiger charge is -2.14. The second-order valence-corrected chi connectivity index (χ2v) is 7.64. The molecule has 1 fully saturated rings. The molecule has 1 aromatic heterocycles. The summed E-state index contributed by atoms with van der Waals surface area (Å²) < 4.78 is 15.2. The molecule has 33 heavy (non-hydrogen) atoms. The third-order valence-electron chi connectivity index (χ3n) is 5.42. The predicted molar refractivity (Wildman–Crippen MR) is 111 cm³/mol. The predicted octanol–water partition coefficient (Wildman–Crippen LogP) is 1.40. The van der Waals surface area contributed by atoms with Gasteiger partial charge in [-0.05, 0) is 33.6 Å². The van der Waals surface area contributed by atoms with Gasteiger partial charge in [0.1, 0.15) is 17.9 Å². The van der Waals surface area contributed by atoms with E-state index in [1.54, 1.807) is 6.92 Å². The van der Waals surface area contributed by atoms with Crippen molar-refractivity contribution in [2.75, 3.05) is 25.1 Å². The van der Waals surface area contributed by atoms with Crippen LogP contribution in [0.4, 0.5) is 5.88 Å². The number of likely N-dealkylation sites (tertiary alicyclic amines) is 1. The molecule has 2 atom stereocenters. The standard InChI is InChI=1S/C22H24N2O9/c1-4-31-22(30)18-17(11(2)25)12(3)33-19(18)23-15(26)10-32-16(27)9-24-20(28)13-7-5-6-8-14(13)21(24)29/h5-6,13-14H,4,7-10H2,1-3H3,(H,23,26). The van der Waals surface area contributed by atoms with Crippen LogP contribution in [-0.2, 0) is 28.7 Å². The monoisotopic (exact) mass is 460 g/mol. The first-order valence-corrected chi connectivity index (χ1v) is 10.4. The number of carbonyl (C=O) groups excluding carboxylic acids is 6. The maximum absolute atomic E-state index is 12.4. The fourth-order valence-corrected chi connectivity index (χ4v) is 3.96. The van der Waals surface area contributed by atoms with E-state index in [0.29, 0.717) is 12.8 Å². The molecule has 1 N–H and O–H groups in total. The number of imide groups is 1. The normalized spacial score (nSPS) is 19.3. The zero-order valence-electron chi connectivity index (χ0n) is 18.5. The number of ketones is 1. The minimum Gasteiger partial charge on any atom is -0.462 e. The van der Waals surface area contributed by atoms with Gasteiger partial charge in [-0.1, -0.05) is 12.2 Å². The zero-order valence-corrected chi connectivity index (χ0v) is 18.5. The summed E-state index contributed by atoms with van der Waals surface area (Å²) in [5, 5.41) is 2.28. The van der Waals surface area contributed by atoms with Gasteiger partial charge in [-0.25, -0.2) is 4.79 Å². The molecule has 0 radical (unpaired) electrons. The molecule has 0 saturated carbocycles. The third-order valence-corrected chi connectivity index (χ3v) is 5.42. The number of rotatable bonds is 8. The highest BCUT2D eigenvalue weighted by molar-refractivity contribution is 6.11. The Balaban J connectivity index is 1.61. The molecule has 176 valence electrons. The van der Waals surface area contributed by atoms with Crippen molar-refractivity contribution >= 4 is 41.3 Å². The molecule has 11 nitrogen and oxygen atoms in total. The van der Waals surface area contributed by atoms with Crippen molar-refractivity contribution in [1.82, 2.24) is 4.90 Å². The third kappa shape index (κ3) is 4.86. The Morgan fingerprint density at radius 3 is 2.21 bits per heavy atom. The van der Waals surface area contributed by atoms with Crippen LogP contribution in [0.5, 0.6) is 0 Å². The molecule has 3 rings (SSSR count). The van der Waals surface area contributed by atoms with Crippen LogP contribution in [-0.4, -0.2) is 60.1 Å². The van der Waals surface area contributed by atoms with Crippen LogP contribution >= 0.6 is 0 Å². The van der Waals surface area contributed by atoms with Gasteiger partial charge in [0.05, 0.1) is 24.0 Å². The van der Waals surface area contributed by atoms with Gasteiger partial charge in [0, 0.05) is 0 Å². The number of hydrogen-bond donors (Lipinski definition) is 1. The molecule has 3 amide bonds. The fraction of sp³-hybridized carbons (Fsp3) is 0.455. The average Bonchev–Trinajstić information content (AvgIpc) is 3.22. The molecule has 0 bridgehead atoms. The molecule has 2 heterocycles. The number of nitrogens with zero attached hydrogens (tertiary/aromatic N) is 1. The topological polar surface area (TPSA) is 149 Å². The van der Waals surface area contributed by atoms with Gasteiger partial charge in [-0.3, -0.25) is 34.2 Å². The van der Waals surface area contributed by atoms with Crippen LogP contribution in [0, 0.1) is 18.8 Å². The first kappa shape index (κ1) is 23.9. The maximum Gasteiger partial charge on any atom is 0.344 e. The number of carbonyl (C=O) groups is 6.